The van der Waals surface area contributed by atoms with Crippen molar-refractivity contribution < 1.29 is 23.0 Å². The summed E-state index contributed by atoms with van der Waals surface area (Å²) in [6.45, 7) is -0.744. The van der Waals surface area contributed by atoms with Crippen LogP contribution < -0.4 is 14.8 Å². The molecule has 0 bridgehead atoms. The van der Waals surface area contributed by atoms with Crippen LogP contribution in [0, 0.1) is 0 Å². The molecule has 1 heterocycles. The zero-order chi connectivity index (χ0) is 17.7. The maximum Gasteiger partial charge on any atom is 0.387 e. The van der Waals surface area contributed by atoms with Crippen molar-refractivity contribution in [2.24, 2.45) is 7.05 Å². The van der Waals surface area contributed by atoms with E-state index in [9.17, 15) is 13.6 Å². The van der Waals surface area contributed by atoms with Crippen molar-refractivity contribution in [3.05, 3.63) is 40.1 Å². The molecule has 0 aliphatic heterocycles. The third kappa shape index (κ3) is 4.44. The summed E-state index contributed by atoms with van der Waals surface area (Å²) in [4.78, 5) is 12.3. The number of carbonyl (C=O) groups is 1. The molecule has 1 N–H and O–H groups in total. The van der Waals surface area contributed by atoms with Crippen LogP contribution in [0.3, 0.4) is 0 Å². The van der Waals surface area contributed by atoms with Gasteiger partial charge in [0.2, 0.25) is 0 Å². The monoisotopic (exact) mass is 403 g/mol. The fourth-order valence-corrected chi connectivity index (χ4v) is 2.50. The molecule has 24 heavy (non-hydrogen) atoms. The Morgan fingerprint density at radius 1 is 1.42 bits per heavy atom. The minimum absolute atomic E-state index is 0.0900. The summed E-state index contributed by atoms with van der Waals surface area (Å²) in [5.41, 5.74) is 1.07. The average molecular weight is 404 g/mol. The number of ether oxygens (including phenoxy) is 2. The molecule has 0 aliphatic rings. The molecule has 0 aliphatic carbocycles. The molecule has 1 aromatic heterocycles. The number of nitrogens with zero attached hydrogens (tertiary/aromatic N) is 2. The van der Waals surface area contributed by atoms with Gasteiger partial charge in [-0.3, -0.25) is 9.48 Å². The first kappa shape index (κ1) is 18.2. The number of benzene rings is 1. The molecule has 9 heteroatoms. The lowest BCUT2D eigenvalue weighted by Gasteiger charge is -2.13. The number of hydrogen-bond donors (Lipinski definition) is 1. The highest BCUT2D eigenvalue weighted by Gasteiger charge is 2.15. The Hall–Kier alpha value is -2.16. The first-order chi connectivity index (χ1) is 11.4. The van der Waals surface area contributed by atoms with E-state index in [1.54, 1.807) is 24.9 Å². The zero-order valence-corrected chi connectivity index (χ0v) is 14.6. The van der Waals surface area contributed by atoms with Crippen molar-refractivity contribution in [1.82, 2.24) is 15.1 Å². The Balaban J connectivity index is 2.12. The molecule has 0 spiro atoms. The first-order valence-electron chi connectivity index (χ1n) is 7.08. The predicted molar refractivity (Wildman–Crippen MR) is 86.3 cm³/mol. The van der Waals surface area contributed by atoms with Gasteiger partial charge in [0.1, 0.15) is 0 Å². The van der Waals surface area contributed by atoms with Gasteiger partial charge >= 0.3 is 6.61 Å². The second-order valence-corrected chi connectivity index (χ2v) is 5.57. The lowest BCUT2D eigenvalue weighted by molar-refractivity contribution is -0.0514. The van der Waals surface area contributed by atoms with Gasteiger partial charge in [0.05, 0.1) is 29.5 Å². The Morgan fingerprint density at radius 3 is 2.75 bits per heavy atom. The van der Waals surface area contributed by atoms with Gasteiger partial charge in [-0.25, -0.2) is 0 Å². The molecule has 2 aromatic rings. The van der Waals surface area contributed by atoms with Crippen LogP contribution in [0.5, 0.6) is 11.5 Å². The van der Waals surface area contributed by atoms with Crippen LogP contribution in [0.1, 0.15) is 23.0 Å². The minimum Gasteiger partial charge on any atom is -0.490 e. The third-order valence-electron chi connectivity index (χ3n) is 3.15. The van der Waals surface area contributed by atoms with E-state index in [0.717, 1.165) is 10.2 Å². The van der Waals surface area contributed by atoms with E-state index in [1.165, 1.54) is 18.2 Å². The highest BCUT2D eigenvalue weighted by atomic mass is 79.9. The number of alkyl halides is 2. The van der Waals surface area contributed by atoms with Gasteiger partial charge in [0.25, 0.3) is 5.91 Å². The molecule has 0 fully saturated rings. The summed E-state index contributed by atoms with van der Waals surface area (Å²) in [5, 5.41) is 6.79. The molecule has 1 aromatic carbocycles. The minimum atomic E-state index is -2.97. The van der Waals surface area contributed by atoms with Crippen LogP contribution in [0.25, 0.3) is 0 Å². The zero-order valence-electron chi connectivity index (χ0n) is 13.1. The van der Waals surface area contributed by atoms with Crippen LogP contribution >= 0.6 is 15.9 Å². The first-order valence-corrected chi connectivity index (χ1v) is 7.88. The number of aromatic nitrogens is 2. The van der Waals surface area contributed by atoms with E-state index in [2.05, 4.69) is 31.1 Å². The van der Waals surface area contributed by atoms with E-state index < -0.39 is 6.61 Å². The van der Waals surface area contributed by atoms with Crippen molar-refractivity contribution in [3.8, 4) is 11.5 Å². The summed E-state index contributed by atoms with van der Waals surface area (Å²) in [5.74, 6) is -0.391. The molecule has 130 valence electrons. The Morgan fingerprint density at radius 2 is 2.17 bits per heavy atom. The van der Waals surface area contributed by atoms with Gasteiger partial charge in [-0.15, -0.1) is 0 Å². The van der Waals surface area contributed by atoms with Crippen molar-refractivity contribution in [2.75, 3.05) is 6.61 Å². The SMILES string of the molecule is CCOc1cc(C(=O)NCc2c(Br)cnn2C)ccc1OC(F)F. The molecule has 0 unspecified atom stereocenters. The summed E-state index contributed by atoms with van der Waals surface area (Å²) < 4.78 is 36.8. The highest BCUT2D eigenvalue weighted by Crippen LogP contribution is 2.30. The highest BCUT2D eigenvalue weighted by molar-refractivity contribution is 9.10. The van der Waals surface area contributed by atoms with Gasteiger partial charge in [-0.1, -0.05) is 0 Å². The maximum absolute atomic E-state index is 12.4. The van der Waals surface area contributed by atoms with Gasteiger partial charge < -0.3 is 14.8 Å². The Bertz CT molecular complexity index is 702. The van der Waals surface area contributed by atoms with E-state index >= 15 is 0 Å². The number of carbonyl (C=O) groups excluding carboxylic acids is 1. The van der Waals surface area contributed by atoms with E-state index in [0.29, 0.717) is 0 Å². The van der Waals surface area contributed by atoms with Crippen molar-refractivity contribution in [1.29, 1.82) is 0 Å². The van der Waals surface area contributed by atoms with Gasteiger partial charge in [0, 0.05) is 12.6 Å². The molecular weight excluding hydrogens is 388 g/mol. The predicted octanol–water partition coefficient (Wildman–Crippen LogP) is 3.11. The lowest BCUT2D eigenvalue weighted by Crippen LogP contribution is -2.24. The maximum atomic E-state index is 12.4. The van der Waals surface area contributed by atoms with E-state index in [-0.39, 0.29) is 36.1 Å². The molecule has 0 saturated heterocycles. The lowest BCUT2D eigenvalue weighted by atomic mass is 10.2. The van der Waals surface area contributed by atoms with Crippen LogP contribution in [0.4, 0.5) is 8.78 Å². The normalized spacial score (nSPS) is 10.8. The van der Waals surface area contributed by atoms with Crippen molar-refractivity contribution >= 4 is 21.8 Å². The third-order valence-corrected chi connectivity index (χ3v) is 3.81. The van der Waals surface area contributed by atoms with Crippen LogP contribution in [0.15, 0.2) is 28.9 Å². The second-order valence-electron chi connectivity index (χ2n) is 4.72. The van der Waals surface area contributed by atoms with Gasteiger partial charge in [0.15, 0.2) is 11.5 Å². The van der Waals surface area contributed by atoms with E-state index in [4.69, 9.17) is 4.74 Å². The Kier molecular flexibility index (Phi) is 6.13. The molecular formula is C15H16BrF2N3O3. The number of hydrogen-bond acceptors (Lipinski definition) is 4. The molecule has 0 atom stereocenters. The summed E-state index contributed by atoms with van der Waals surface area (Å²) in [6, 6.07) is 4.05. The molecule has 0 saturated carbocycles. The van der Waals surface area contributed by atoms with Crippen LogP contribution in [0.2, 0.25) is 0 Å². The average Bonchev–Trinajstić information content (AvgIpc) is 2.85. The van der Waals surface area contributed by atoms with Gasteiger partial charge in [-0.2, -0.15) is 13.9 Å². The summed E-state index contributed by atoms with van der Waals surface area (Å²) >= 11 is 3.35. The van der Waals surface area contributed by atoms with Crippen LogP contribution in [-0.4, -0.2) is 28.9 Å². The van der Waals surface area contributed by atoms with Crippen LogP contribution in [-0.2, 0) is 13.6 Å². The number of rotatable bonds is 7. The smallest absolute Gasteiger partial charge is 0.387 e. The molecule has 6 nitrogen and oxygen atoms in total. The Labute approximate surface area is 145 Å². The fourth-order valence-electron chi connectivity index (χ4n) is 2.01. The molecule has 1 amide bonds. The van der Waals surface area contributed by atoms with Crippen molar-refractivity contribution in [2.45, 2.75) is 20.1 Å². The largest absolute Gasteiger partial charge is 0.490 e. The number of nitrogens with one attached hydrogen (secondary N) is 1. The van der Waals surface area contributed by atoms with E-state index in [1.807, 2.05) is 0 Å². The van der Waals surface area contributed by atoms with Gasteiger partial charge in [-0.05, 0) is 41.1 Å². The summed E-state index contributed by atoms with van der Waals surface area (Å²) in [7, 11) is 1.76. The topological polar surface area (TPSA) is 65.4 Å². The van der Waals surface area contributed by atoms with Crippen molar-refractivity contribution in [3.63, 3.8) is 0 Å². The number of amides is 1. The number of halogens is 3. The fraction of sp³-hybridized carbons (Fsp3) is 0.333. The molecule has 2 rings (SSSR count). The second kappa shape index (κ2) is 8.09. The molecule has 0 radical (unpaired) electrons. The quantitative estimate of drug-likeness (QED) is 0.771. The number of aryl methyl sites for hydroxylation is 1. The summed E-state index contributed by atoms with van der Waals surface area (Å²) in [6.07, 6.45) is 1.63. The standard InChI is InChI=1S/C15H16BrF2N3O3/c1-3-23-13-6-9(4-5-12(13)24-15(17)18)14(22)19-8-11-10(16)7-20-21(11)2/h4-7,15H,3,8H2,1-2H3,(H,19,22).